The summed E-state index contributed by atoms with van der Waals surface area (Å²) in [5.41, 5.74) is 0.671. The van der Waals surface area contributed by atoms with Gasteiger partial charge in [-0.1, -0.05) is 0 Å². The maximum absolute atomic E-state index is 11.6. The quantitative estimate of drug-likeness (QED) is 0.763. The van der Waals surface area contributed by atoms with Gasteiger partial charge in [0, 0.05) is 31.2 Å². The number of hydrogen-bond acceptors (Lipinski definition) is 4. The molecule has 0 aliphatic carbocycles. The lowest BCUT2D eigenvalue weighted by Gasteiger charge is -2.03. The van der Waals surface area contributed by atoms with Crippen LogP contribution in [-0.4, -0.2) is 20.0 Å². The van der Waals surface area contributed by atoms with E-state index in [2.05, 4.69) is 10.6 Å². The van der Waals surface area contributed by atoms with Crippen LogP contribution in [0.15, 0.2) is 33.5 Å². The van der Waals surface area contributed by atoms with Crippen LogP contribution in [0, 0.1) is 0 Å². The van der Waals surface area contributed by atoms with Gasteiger partial charge in [0.25, 0.3) is 5.91 Å². The molecule has 1 aromatic heterocycles. The zero-order chi connectivity index (χ0) is 12.4. The lowest BCUT2D eigenvalue weighted by atomic mass is 10.1. The monoisotopic (exact) mass is 232 g/mol. The fourth-order valence-electron chi connectivity index (χ4n) is 1.56. The molecule has 1 heterocycles. The first-order chi connectivity index (χ1) is 8.15. The van der Waals surface area contributed by atoms with E-state index in [9.17, 15) is 9.59 Å². The largest absolute Gasteiger partial charge is 0.422 e. The van der Waals surface area contributed by atoms with Crippen LogP contribution in [0.25, 0.3) is 11.0 Å². The van der Waals surface area contributed by atoms with Crippen molar-refractivity contribution in [2.24, 2.45) is 0 Å². The van der Waals surface area contributed by atoms with Crippen molar-refractivity contribution in [1.82, 2.24) is 5.32 Å². The first-order valence-corrected chi connectivity index (χ1v) is 5.13. The summed E-state index contributed by atoms with van der Waals surface area (Å²) < 4.78 is 5.10. The van der Waals surface area contributed by atoms with Crippen LogP contribution < -0.4 is 16.3 Å². The second-order valence-electron chi connectivity index (χ2n) is 3.53. The van der Waals surface area contributed by atoms with Gasteiger partial charge in [-0.15, -0.1) is 0 Å². The third kappa shape index (κ3) is 1.99. The number of amides is 1. The third-order valence-electron chi connectivity index (χ3n) is 2.50. The molecule has 17 heavy (non-hydrogen) atoms. The summed E-state index contributed by atoms with van der Waals surface area (Å²) >= 11 is 0. The molecule has 0 spiro atoms. The number of anilines is 1. The lowest BCUT2D eigenvalue weighted by molar-refractivity contribution is 0.0959. The van der Waals surface area contributed by atoms with Gasteiger partial charge in [-0.2, -0.15) is 0 Å². The second kappa shape index (κ2) is 4.29. The van der Waals surface area contributed by atoms with E-state index in [4.69, 9.17) is 4.42 Å². The van der Waals surface area contributed by atoms with Crippen LogP contribution >= 0.6 is 0 Å². The highest BCUT2D eigenvalue weighted by Gasteiger charge is 2.11. The van der Waals surface area contributed by atoms with E-state index >= 15 is 0 Å². The van der Waals surface area contributed by atoms with Crippen molar-refractivity contribution in [2.75, 3.05) is 19.4 Å². The highest BCUT2D eigenvalue weighted by Crippen LogP contribution is 2.18. The van der Waals surface area contributed by atoms with Gasteiger partial charge in [0.1, 0.15) is 11.1 Å². The summed E-state index contributed by atoms with van der Waals surface area (Å²) in [7, 11) is 3.24. The highest BCUT2D eigenvalue weighted by molar-refractivity contribution is 5.96. The van der Waals surface area contributed by atoms with E-state index in [-0.39, 0.29) is 5.56 Å². The van der Waals surface area contributed by atoms with Gasteiger partial charge in [-0.3, -0.25) is 4.79 Å². The number of carbonyl (C=O) groups excluding carboxylic acids is 1. The molecule has 0 bridgehead atoms. The standard InChI is InChI=1S/C12H12N2O3/c1-13-8-4-3-7-5-9(11(15)14-2)12(16)17-10(7)6-8/h3-6,13H,1-2H3,(H,14,15). The van der Waals surface area contributed by atoms with E-state index in [1.807, 2.05) is 6.07 Å². The van der Waals surface area contributed by atoms with E-state index in [1.54, 1.807) is 19.2 Å². The Kier molecular flexibility index (Phi) is 2.82. The minimum atomic E-state index is -0.634. The maximum atomic E-state index is 11.6. The summed E-state index contributed by atoms with van der Waals surface area (Å²) in [5, 5.41) is 6.05. The van der Waals surface area contributed by atoms with Gasteiger partial charge in [0.15, 0.2) is 0 Å². The van der Waals surface area contributed by atoms with E-state index in [0.717, 1.165) is 5.69 Å². The van der Waals surface area contributed by atoms with Gasteiger partial charge < -0.3 is 15.1 Å². The van der Waals surface area contributed by atoms with Crippen LogP contribution in [0.5, 0.6) is 0 Å². The van der Waals surface area contributed by atoms with Crippen LogP contribution in [-0.2, 0) is 0 Å². The molecule has 1 aromatic carbocycles. The Balaban J connectivity index is 2.66. The van der Waals surface area contributed by atoms with Crippen LogP contribution in [0.1, 0.15) is 10.4 Å². The fraction of sp³-hybridized carbons (Fsp3) is 0.167. The van der Waals surface area contributed by atoms with E-state index in [0.29, 0.717) is 11.0 Å². The van der Waals surface area contributed by atoms with Gasteiger partial charge >= 0.3 is 5.63 Å². The predicted octanol–water partition coefficient (Wildman–Crippen LogP) is 1.19. The molecule has 0 saturated heterocycles. The summed E-state index contributed by atoms with van der Waals surface area (Å²) in [6, 6.07) is 6.87. The molecule has 2 aromatic rings. The molecule has 1 amide bonds. The number of rotatable bonds is 2. The van der Waals surface area contributed by atoms with Crippen LogP contribution in [0.4, 0.5) is 5.69 Å². The third-order valence-corrected chi connectivity index (χ3v) is 2.50. The van der Waals surface area contributed by atoms with Gasteiger partial charge in [0.2, 0.25) is 0 Å². The summed E-state index contributed by atoms with van der Waals surface area (Å²) in [6.07, 6.45) is 0. The minimum Gasteiger partial charge on any atom is -0.422 e. The zero-order valence-corrected chi connectivity index (χ0v) is 9.53. The molecule has 88 valence electrons. The molecule has 0 fully saturated rings. The number of benzene rings is 1. The predicted molar refractivity (Wildman–Crippen MR) is 65.4 cm³/mol. The number of fused-ring (bicyclic) bond motifs is 1. The van der Waals surface area contributed by atoms with Crippen molar-refractivity contribution in [2.45, 2.75) is 0 Å². The molecule has 0 saturated carbocycles. The highest BCUT2D eigenvalue weighted by atomic mass is 16.4. The Labute approximate surface area is 97.4 Å². The first kappa shape index (κ1) is 11.2. The molecule has 2 rings (SSSR count). The maximum Gasteiger partial charge on any atom is 0.349 e. The van der Waals surface area contributed by atoms with Crippen molar-refractivity contribution in [1.29, 1.82) is 0 Å². The Morgan fingerprint density at radius 2 is 2.00 bits per heavy atom. The Morgan fingerprint density at radius 1 is 1.24 bits per heavy atom. The van der Waals surface area contributed by atoms with Crippen molar-refractivity contribution in [3.63, 3.8) is 0 Å². The fourth-order valence-corrected chi connectivity index (χ4v) is 1.56. The van der Waals surface area contributed by atoms with Crippen molar-refractivity contribution < 1.29 is 9.21 Å². The molecular formula is C12H12N2O3. The molecular weight excluding hydrogens is 220 g/mol. The topological polar surface area (TPSA) is 71.3 Å². The van der Waals surface area contributed by atoms with Gasteiger partial charge in [0.05, 0.1) is 0 Å². The van der Waals surface area contributed by atoms with Crippen molar-refractivity contribution in [3.8, 4) is 0 Å². The van der Waals surface area contributed by atoms with E-state index < -0.39 is 11.5 Å². The Hall–Kier alpha value is -2.30. The SMILES string of the molecule is CNC(=O)c1cc2ccc(NC)cc2oc1=O. The number of nitrogens with one attached hydrogen (secondary N) is 2. The molecule has 0 aliphatic rings. The Bertz CT molecular complexity index is 631. The molecule has 0 radical (unpaired) electrons. The zero-order valence-electron chi connectivity index (χ0n) is 9.53. The van der Waals surface area contributed by atoms with Gasteiger partial charge in [-0.25, -0.2) is 4.79 Å². The summed E-state index contributed by atoms with van der Waals surface area (Å²) in [5.74, 6) is -0.446. The second-order valence-corrected chi connectivity index (χ2v) is 3.53. The van der Waals surface area contributed by atoms with Gasteiger partial charge in [-0.05, 0) is 18.2 Å². The summed E-state index contributed by atoms with van der Waals surface area (Å²) in [4.78, 5) is 23.0. The number of carbonyl (C=O) groups is 1. The minimum absolute atomic E-state index is 0.0113. The van der Waals surface area contributed by atoms with Crippen molar-refractivity contribution >= 4 is 22.6 Å². The average molecular weight is 232 g/mol. The molecule has 0 atom stereocenters. The molecule has 0 aliphatic heterocycles. The van der Waals surface area contributed by atoms with Crippen LogP contribution in [0.2, 0.25) is 0 Å². The number of hydrogen-bond donors (Lipinski definition) is 2. The Morgan fingerprint density at radius 3 is 2.65 bits per heavy atom. The van der Waals surface area contributed by atoms with Crippen LogP contribution in [0.3, 0.4) is 0 Å². The first-order valence-electron chi connectivity index (χ1n) is 5.13. The summed E-state index contributed by atoms with van der Waals surface area (Å²) in [6.45, 7) is 0. The molecule has 0 unspecified atom stereocenters. The molecule has 5 nitrogen and oxygen atoms in total. The lowest BCUT2D eigenvalue weighted by Crippen LogP contribution is -2.24. The molecule has 2 N–H and O–H groups in total. The normalized spacial score (nSPS) is 10.2. The van der Waals surface area contributed by atoms with Crippen molar-refractivity contribution in [3.05, 3.63) is 40.2 Å². The smallest absolute Gasteiger partial charge is 0.349 e. The average Bonchev–Trinajstić information content (AvgIpc) is 2.36. The van der Waals surface area contributed by atoms with E-state index in [1.165, 1.54) is 13.1 Å². The molecule has 5 heteroatoms.